The Kier molecular flexibility index (Phi) is 4.69. The van der Waals surface area contributed by atoms with Crippen LogP contribution in [0.1, 0.15) is 39.5 Å². The SMILES string of the molecule is C=C(C(C)=CC(C)=N)N1CCC([N+]2(C)CCCC2)CC1. The van der Waals surface area contributed by atoms with Crippen molar-refractivity contribution in [2.45, 2.75) is 45.6 Å². The largest absolute Gasteiger partial charge is 0.371 e. The van der Waals surface area contributed by atoms with Gasteiger partial charge in [0.2, 0.25) is 0 Å². The van der Waals surface area contributed by atoms with Crippen molar-refractivity contribution in [2.24, 2.45) is 0 Å². The van der Waals surface area contributed by atoms with Crippen LogP contribution in [0.3, 0.4) is 0 Å². The lowest BCUT2D eigenvalue weighted by molar-refractivity contribution is -0.923. The quantitative estimate of drug-likeness (QED) is 0.476. The molecule has 20 heavy (non-hydrogen) atoms. The normalized spacial score (nSPS) is 23.9. The molecule has 2 rings (SSSR count). The molecule has 2 aliphatic heterocycles. The third kappa shape index (κ3) is 3.32. The number of nitrogens with one attached hydrogen (secondary N) is 1. The van der Waals surface area contributed by atoms with E-state index in [1.807, 2.05) is 13.0 Å². The third-order valence-corrected chi connectivity index (χ3v) is 5.20. The minimum atomic E-state index is 0.605. The standard InChI is InChI=1S/C17H30N3/c1-14(13-15(2)18)16(3)19-9-7-17(8-10-19)20(4)11-5-6-12-20/h13,17-18H,3,5-12H2,1-2,4H3/q+1. The summed E-state index contributed by atoms with van der Waals surface area (Å²) in [5, 5.41) is 7.56. The number of nitrogens with zero attached hydrogens (tertiary/aromatic N) is 2. The number of hydrogen-bond donors (Lipinski definition) is 1. The van der Waals surface area contributed by atoms with Gasteiger partial charge in [-0.3, -0.25) is 0 Å². The fourth-order valence-corrected chi connectivity index (χ4v) is 3.84. The van der Waals surface area contributed by atoms with E-state index >= 15 is 0 Å². The fourth-order valence-electron chi connectivity index (χ4n) is 3.84. The summed E-state index contributed by atoms with van der Waals surface area (Å²) in [6.45, 7) is 13.1. The van der Waals surface area contributed by atoms with Gasteiger partial charge in [0.15, 0.2) is 0 Å². The van der Waals surface area contributed by atoms with Crippen molar-refractivity contribution in [3.63, 3.8) is 0 Å². The number of hydrogen-bond acceptors (Lipinski definition) is 2. The highest BCUT2D eigenvalue weighted by Crippen LogP contribution is 2.29. The van der Waals surface area contributed by atoms with Crippen LogP contribution in [-0.2, 0) is 0 Å². The maximum Gasteiger partial charge on any atom is 0.0922 e. The molecular weight excluding hydrogens is 246 g/mol. The Morgan fingerprint density at radius 2 is 1.75 bits per heavy atom. The maximum atomic E-state index is 7.56. The number of allylic oxidation sites excluding steroid dienone is 2. The zero-order valence-electron chi connectivity index (χ0n) is 13.4. The summed E-state index contributed by atoms with van der Waals surface area (Å²) in [7, 11) is 2.45. The van der Waals surface area contributed by atoms with Crippen molar-refractivity contribution in [2.75, 3.05) is 33.2 Å². The molecule has 0 saturated carbocycles. The molecule has 0 bridgehead atoms. The van der Waals surface area contributed by atoms with Crippen LogP contribution in [0.25, 0.3) is 0 Å². The first-order valence-electron chi connectivity index (χ1n) is 7.94. The first-order chi connectivity index (χ1) is 9.42. The van der Waals surface area contributed by atoms with Gasteiger partial charge in [0.05, 0.1) is 26.2 Å². The van der Waals surface area contributed by atoms with E-state index in [0.717, 1.165) is 30.4 Å². The average Bonchev–Trinajstić information content (AvgIpc) is 2.85. The zero-order valence-corrected chi connectivity index (χ0v) is 13.4. The molecule has 0 unspecified atom stereocenters. The second-order valence-corrected chi connectivity index (χ2v) is 6.81. The highest BCUT2D eigenvalue weighted by molar-refractivity contribution is 5.91. The molecule has 2 heterocycles. The van der Waals surface area contributed by atoms with Gasteiger partial charge in [0.25, 0.3) is 0 Å². The molecule has 0 radical (unpaired) electrons. The summed E-state index contributed by atoms with van der Waals surface area (Å²) < 4.78 is 1.30. The minimum absolute atomic E-state index is 0.605. The first-order valence-corrected chi connectivity index (χ1v) is 7.94. The highest BCUT2D eigenvalue weighted by atomic mass is 15.4. The lowest BCUT2D eigenvalue weighted by atomic mass is 10.00. The minimum Gasteiger partial charge on any atom is -0.371 e. The van der Waals surface area contributed by atoms with E-state index < -0.39 is 0 Å². The summed E-state index contributed by atoms with van der Waals surface area (Å²) in [4.78, 5) is 2.41. The Hall–Kier alpha value is -1.09. The number of piperidine rings is 1. The fraction of sp³-hybridized carbons (Fsp3) is 0.706. The summed E-state index contributed by atoms with van der Waals surface area (Å²) in [5.41, 5.74) is 2.85. The Labute approximate surface area is 124 Å². The van der Waals surface area contributed by atoms with E-state index in [-0.39, 0.29) is 0 Å². The first kappa shape index (κ1) is 15.3. The molecule has 2 fully saturated rings. The van der Waals surface area contributed by atoms with E-state index in [1.165, 1.54) is 43.3 Å². The van der Waals surface area contributed by atoms with Gasteiger partial charge >= 0.3 is 0 Å². The van der Waals surface area contributed by atoms with Gasteiger partial charge in [-0.2, -0.15) is 0 Å². The molecule has 0 aliphatic carbocycles. The number of likely N-dealkylation sites (tertiary alicyclic amines) is 2. The summed E-state index contributed by atoms with van der Waals surface area (Å²) >= 11 is 0. The summed E-state index contributed by atoms with van der Waals surface area (Å²) in [6.07, 6.45) is 7.30. The van der Waals surface area contributed by atoms with Crippen LogP contribution in [-0.4, -0.2) is 54.4 Å². The molecule has 2 saturated heterocycles. The molecule has 0 amide bonds. The van der Waals surface area contributed by atoms with Gasteiger partial charge in [-0.1, -0.05) is 6.58 Å². The Balaban J connectivity index is 1.91. The van der Waals surface area contributed by atoms with Crippen molar-refractivity contribution < 1.29 is 4.48 Å². The van der Waals surface area contributed by atoms with Gasteiger partial charge in [-0.25, -0.2) is 0 Å². The topological polar surface area (TPSA) is 27.1 Å². The Morgan fingerprint density at radius 3 is 2.25 bits per heavy atom. The van der Waals surface area contributed by atoms with Crippen LogP contribution < -0.4 is 0 Å². The molecule has 2 aliphatic rings. The van der Waals surface area contributed by atoms with E-state index in [9.17, 15) is 0 Å². The van der Waals surface area contributed by atoms with Gasteiger partial charge in [-0.05, 0) is 25.5 Å². The molecular formula is C17H30N3+. The smallest absolute Gasteiger partial charge is 0.0922 e. The van der Waals surface area contributed by atoms with Gasteiger partial charge in [0, 0.05) is 50.2 Å². The predicted octanol–water partition coefficient (Wildman–Crippen LogP) is 3.19. The number of quaternary nitrogens is 1. The van der Waals surface area contributed by atoms with Crippen molar-refractivity contribution in [1.82, 2.24) is 4.90 Å². The van der Waals surface area contributed by atoms with E-state index in [0.29, 0.717) is 5.71 Å². The lowest BCUT2D eigenvalue weighted by Gasteiger charge is -2.43. The molecule has 3 heteroatoms. The van der Waals surface area contributed by atoms with E-state index in [2.05, 4.69) is 25.5 Å². The predicted molar refractivity (Wildman–Crippen MR) is 86.0 cm³/mol. The molecule has 0 spiro atoms. The molecule has 3 nitrogen and oxygen atoms in total. The van der Waals surface area contributed by atoms with Crippen molar-refractivity contribution in [3.05, 3.63) is 23.9 Å². The summed E-state index contributed by atoms with van der Waals surface area (Å²) in [6, 6.07) is 0.843. The second kappa shape index (κ2) is 6.13. The van der Waals surface area contributed by atoms with Crippen molar-refractivity contribution >= 4 is 5.71 Å². The van der Waals surface area contributed by atoms with E-state index in [4.69, 9.17) is 5.41 Å². The van der Waals surface area contributed by atoms with Gasteiger partial charge in [0.1, 0.15) is 0 Å². The van der Waals surface area contributed by atoms with Crippen LogP contribution in [0.2, 0.25) is 0 Å². The van der Waals surface area contributed by atoms with Crippen LogP contribution in [0, 0.1) is 5.41 Å². The second-order valence-electron chi connectivity index (χ2n) is 6.81. The van der Waals surface area contributed by atoms with Gasteiger partial charge < -0.3 is 14.8 Å². The van der Waals surface area contributed by atoms with Crippen LogP contribution in [0.5, 0.6) is 0 Å². The zero-order chi connectivity index (χ0) is 14.8. The Morgan fingerprint density at radius 1 is 1.20 bits per heavy atom. The van der Waals surface area contributed by atoms with Crippen molar-refractivity contribution in [3.8, 4) is 0 Å². The third-order valence-electron chi connectivity index (χ3n) is 5.20. The molecule has 1 N–H and O–H groups in total. The average molecular weight is 276 g/mol. The monoisotopic (exact) mass is 276 g/mol. The Bertz CT molecular complexity index is 408. The van der Waals surface area contributed by atoms with Crippen LogP contribution >= 0.6 is 0 Å². The highest BCUT2D eigenvalue weighted by Gasteiger charge is 2.37. The maximum absolute atomic E-state index is 7.56. The van der Waals surface area contributed by atoms with Crippen molar-refractivity contribution in [1.29, 1.82) is 5.41 Å². The number of rotatable bonds is 4. The van der Waals surface area contributed by atoms with Crippen LogP contribution in [0.15, 0.2) is 23.9 Å². The molecule has 112 valence electrons. The van der Waals surface area contributed by atoms with Gasteiger partial charge in [-0.15, -0.1) is 0 Å². The molecule has 0 aromatic rings. The molecule has 0 aromatic carbocycles. The molecule has 0 aromatic heterocycles. The lowest BCUT2D eigenvalue weighted by Crippen LogP contribution is -2.54. The van der Waals surface area contributed by atoms with E-state index in [1.54, 1.807) is 0 Å². The summed E-state index contributed by atoms with van der Waals surface area (Å²) in [5.74, 6) is 0. The van der Waals surface area contributed by atoms with Crippen LogP contribution in [0.4, 0.5) is 0 Å². The molecule has 0 atom stereocenters.